The minimum Gasteiger partial charge on any atom is -0.387 e. The van der Waals surface area contributed by atoms with E-state index in [1.54, 1.807) is 6.08 Å². The van der Waals surface area contributed by atoms with Crippen molar-refractivity contribution in [2.45, 2.75) is 135 Å². The van der Waals surface area contributed by atoms with Crippen molar-refractivity contribution in [2.24, 2.45) is 5.73 Å². The van der Waals surface area contributed by atoms with Gasteiger partial charge < -0.3 is 21.1 Å². The molecule has 38 heavy (non-hydrogen) atoms. The maximum Gasteiger partial charge on any atom is 0.472 e. The molecule has 0 radical (unpaired) electrons. The summed E-state index contributed by atoms with van der Waals surface area (Å²) in [6.07, 6.45) is 25.2. The van der Waals surface area contributed by atoms with Crippen LogP contribution in [-0.4, -0.2) is 47.8 Å². The number of carbonyl (C=O) groups is 1. The van der Waals surface area contributed by atoms with Crippen LogP contribution in [0.4, 0.5) is 0 Å². The Kier molecular flexibility index (Phi) is 25.5. The predicted molar refractivity (Wildman–Crippen MR) is 157 cm³/mol. The number of amides is 1. The lowest BCUT2D eigenvalue weighted by atomic mass is 10.1. The van der Waals surface area contributed by atoms with Crippen molar-refractivity contribution < 1.29 is 28.4 Å². The van der Waals surface area contributed by atoms with E-state index in [1.165, 1.54) is 51.4 Å². The first-order valence-electron chi connectivity index (χ1n) is 15.0. The molecule has 0 aliphatic carbocycles. The van der Waals surface area contributed by atoms with E-state index >= 15 is 0 Å². The summed E-state index contributed by atoms with van der Waals surface area (Å²) in [5, 5.41) is 13.4. The predicted octanol–water partition coefficient (Wildman–Crippen LogP) is 6.71. The fourth-order valence-electron chi connectivity index (χ4n) is 3.95. The number of nitrogens with one attached hydrogen (secondary N) is 1. The zero-order chi connectivity index (χ0) is 28.3. The minimum absolute atomic E-state index is 0.0768. The number of aliphatic hydroxyl groups excluding tert-OH is 1. The average molecular weight is 561 g/mol. The van der Waals surface area contributed by atoms with E-state index in [0.29, 0.717) is 6.42 Å². The van der Waals surface area contributed by atoms with Crippen LogP contribution < -0.4 is 11.1 Å². The molecule has 3 atom stereocenters. The Morgan fingerprint density at radius 3 is 2.00 bits per heavy atom. The summed E-state index contributed by atoms with van der Waals surface area (Å²) in [5.41, 5.74) is 5.31. The lowest BCUT2D eigenvalue weighted by molar-refractivity contribution is -0.123. The number of phosphoric acid groups is 1. The van der Waals surface area contributed by atoms with Crippen LogP contribution in [0.15, 0.2) is 24.3 Å². The fourth-order valence-corrected chi connectivity index (χ4v) is 4.71. The molecule has 0 saturated carbocycles. The fraction of sp³-hybridized carbons (Fsp3) is 0.828. The van der Waals surface area contributed by atoms with Crippen LogP contribution in [0, 0.1) is 0 Å². The highest BCUT2D eigenvalue weighted by molar-refractivity contribution is 7.47. The molecule has 0 aliphatic heterocycles. The topological polar surface area (TPSA) is 131 Å². The smallest absolute Gasteiger partial charge is 0.387 e. The van der Waals surface area contributed by atoms with E-state index in [2.05, 4.69) is 31.3 Å². The van der Waals surface area contributed by atoms with Crippen molar-refractivity contribution >= 4 is 13.7 Å². The summed E-state index contributed by atoms with van der Waals surface area (Å²) >= 11 is 0. The van der Waals surface area contributed by atoms with E-state index in [0.717, 1.165) is 51.4 Å². The second kappa shape index (κ2) is 26.2. The molecule has 3 unspecified atom stereocenters. The zero-order valence-electron chi connectivity index (χ0n) is 24.2. The van der Waals surface area contributed by atoms with Gasteiger partial charge in [0.15, 0.2) is 0 Å². The van der Waals surface area contributed by atoms with Gasteiger partial charge in [0.2, 0.25) is 5.91 Å². The Labute approximate surface area is 232 Å². The Morgan fingerprint density at radius 2 is 1.37 bits per heavy atom. The van der Waals surface area contributed by atoms with Gasteiger partial charge in [-0.2, -0.15) is 0 Å². The van der Waals surface area contributed by atoms with Crippen LogP contribution in [0.1, 0.15) is 123 Å². The number of aliphatic hydroxyl groups is 1. The third-order valence-corrected chi connectivity index (χ3v) is 7.26. The first-order chi connectivity index (χ1) is 18.4. The molecule has 1 amide bonds. The Bertz CT molecular complexity index is 659. The Hall–Kier alpha value is -1.02. The minimum atomic E-state index is -4.31. The molecule has 5 N–H and O–H groups in total. The molecule has 0 fully saturated rings. The highest BCUT2D eigenvalue weighted by Crippen LogP contribution is 2.43. The van der Waals surface area contributed by atoms with Gasteiger partial charge in [-0.1, -0.05) is 95.9 Å². The molecule has 0 bridgehead atoms. The maximum atomic E-state index is 12.5. The van der Waals surface area contributed by atoms with Crippen LogP contribution in [0.2, 0.25) is 0 Å². The first kappa shape index (κ1) is 37.0. The van der Waals surface area contributed by atoms with Gasteiger partial charge in [0.25, 0.3) is 0 Å². The van der Waals surface area contributed by atoms with Gasteiger partial charge in [-0.05, 0) is 44.9 Å². The van der Waals surface area contributed by atoms with Gasteiger partial charge in [-0.3, -0.25) is 13.8 Å². The summed E-state index contributed by atoms with van der Waals surface area (Å²) in [7, 11) is -4.31. The number of phosphoric ester groups is 1. The highest BCUT2D eigenvalue weighted by atomic mass is 31.2. The van der Waals surface area contributed by atoms with Crippen molar-refractivity contribution in [1.82, 2.24) is 5.32 Å². The van der Waals surface area contributed by atoms with E-state index in [4.69, 9.17) is 14.8 Å². The van der Waals surface area contributed by atoms with E-state index in [9.17, 15) is 19.4 Å². The van der Waals surface area contributed by atoms with Crippen molar-refractivity contribution in [2.75, 3.05) is 19.8 Å². The molecule has 0 rings (SSSR count). The summed E-state index contributed by atoms with van der Waals surface area (Å²) in [6.45, 7) is 4.00. The summed E-state index contributed by atoms with van der Waals surface area (Å²) < 4.78 is 21.8. The number of hydrogen-bond donors (Lipinski definition) is 4. The van der Waals surface area contributed by atoms with Crippen LogP contribution in [0.3, 0.4) is 0 Å². The third kappa shape index (κ3) is 24.1. The molecule has 8 nitrogen and oxygen atoms in total. The van der Waals surface area contributed by atoms with Crippen LogP contribution in [0.5, 0.6) is 0 Å². The van der Waals surface area contributed by atoms with Crippen LogP contribution in [-0.2, 0) is 18.4 Å². The number of carbonyl (C=O) groups excluding carboxylic acids is 1. The standard InChI is InChI=1S/C29H57N2O6P/c1-3-5-7-9-11-12-13-14-15-17-19-21-23-29(33)31-27(26-37-38(34,35)36-25-24-30)28(32)22-20-18-16-10-8-6-4-2/h11-12,20,22,27-28,32H,3-10,13-19,21,23-26,30H2,1-2H3,(H,31,33)(H,34,35)/b12-11-,22-20+. The molecule has 224 valence electrons. The molecule has 0 aromatic rings. The van der Waals surface area contributed by atoms with Gasteiger partial charge in [0.05, 0.1) is 25.4 Å². The maximum absolute atomic E-state index is 12.5. The molecule has 0 aliphatic rings. The van der Waals surface area contributed by atoms with Crippen molar-refractivity contribution in [3.05, 3.63) is 24.3 Å². The SMILES string of the molecule is CCCCC/C=C\CCCCCCCC(=O)NC(COP(=O)(O)OCCN)C(O)/C=C/CCCCCCC. The molecular weight excluding hydrogens is 503 g/mol. The van der Waals surface area contributed by atoms with E-state index < -0.39 is 20.0 Å². The first-order valence-corrected chi connectivity index (χ1v) is 16.5. The van der Waals surface area contributed by atoms with Crippen LogP contribution in [0.25, 0.3) is 0 Å². The van der Waals surface area contributed by atoms with E-state index in [1.807, 2.05) is 6.08 Å². The Morgan fingerprint density at radius 1 is 0.842 bits per heavy atom. The van der Waals surface area contributed by atoms with Gasteiger partial charge in [-0.25, -0.2) is 4.57 Å². The van der Waals surface area contributed by atoms with Crippen molar-refractivity contribution in [1.29, 1.82) is 0 Å². The van der Waals surface area contributed by atoms with Crippen LogP contribution >= 0.6 is 7.82 Å². The summed E-state index contributed by atoms with van der Waals surface area (Å²) in [5.74, 6) is -0.212. The molecule has 0 heterocycles. The summed E-state index contributed by atoms with van der Waals surface area (Å²) in [6, 6.07) is -0.857. The van der Waals surface area contributed by atoms with Gasteiger partial charge in [0.1, 0.15) is 0 Å². The Balaban J connectivity index is 4.43. The molecule has 0 spiro atoms. The number of nitrogens with two attached hydrogens (primary N) is 1. The van der Waals surface area contributed by atoms with Gasteiger partial charge in [0, 0.05) is 13.0 Å². The number of allylic oxidation sites excluding steroid dienone is 3. The van der Waals surface area contributed by atoms with Crippen molar-refractivity contribution in [3.63, 3.8) is 0 Å². The monoisotopic (exact) mass is 560 g/mol. The van der Waals surface area contributed by atoms with Crippen molar-refractivity contribution in [3.8, 4) is 0 Å². The largest absolute Gasteiger partial charge is 0.472 e. The number of unbranched alkanes of at least 4 members (excludes halogenated alkanes) is 13. The van der Waals surface area contributed by atoms with E-state index in [-0.39, 0.29) is 25.7 Å². The molecule has 0 aromatic heterocycles. The quantitative estimate of drug-likeness (QED) is 0.0499. The lowest BCUT2D eigenvalue weighted by Gasteiger charge is -2.23. The summed E-state index contributed by atoms with van der Waals surface area (Å²) in [4.78, 5) is 22.3. The molecule has 0 aromatic carbocycles. The third-order valence-electron chi connectivity index (χ3n) is 6.27. The highest BCUT2D eigenvalue weighted by Gasteiger charge is 2.26. The number of rotatable bonds is 27. The molecule has 9 heteroatoms. The lowest BCUT2D eigenvalue weighted by Crippen LogP contribution is -2.45. The van der Waals surface area contributed by atoms with Gasteiger partial charge in [-0.15, -0.1) is 0 Å². The second-order valence-electron chi connectivity index (χ2n) is 9.96. The second-order valence-corrected chi connectivity index (χ2v) is 11.4. The zero-order valence-corrected chi connectivity index (χ0v) is 25.1. The van der Waals surface area contributed by atoms with Gasteiger partial charge >= 0.3 is 7.82 Å². The number of hydrogen-bond acceptors (Lipinski definition) is 6. The molecule has 0 saturated heterocycles. The molecular formula is C29H57N2O6P. The normalized spacial score (nSPS) is 15.2. The average Bonchev–Trinajstić information content (AvgIpc) is 2.89.